The standard InChI is InChI=1S/C13H14O6/c1-16-13(17-2)10(15)6-9(14)8-3-4-11-12(5-8)19-7-18-11/h3-5,13H,6-7H2,1-2H3. The van der Waals surface area contributed by atoms with Gasteiger partial charge in [0.15, 0.2) is 23.1 Å². The van der Waals surface area contributed by atoms with Crippen LogP contribution in [0.25, 0.3) is 0 Å². The lowest BCUT2D eigenvalue weighted by Crippen LogP contribution is -2.27. The molecule has 102 valence electrons. The number of Topliss-reactive ketones (excluding diaryl/α,β-unsaturated/α-hetero) is 2. The van der Waals surface area contributed by atoms with E-state index in [-0.39, 0.29) is 19.0 Å². The van der Waals surface area contributed by atoms with Gasteiger partial charge < -0.3 is 18.9 Å². The molecule has 0 fully saturated rings. The topological polar surface area (TPSA) is 71.1 Å². The van der Waals surface area contributed by atoms with Gasteiger partial charge in [0, 0.05) is 19.8 Å². The maximum absolute atomic E-state index is 12.0. The molecule has 0 saturated heterocycles. The van der Waals surface area contributed by atoms with Crippen LogP contribution in [0.3, 0.4) is 0 Å². The van der Waals surface area contributed by atoms with Crippen molar-refractivity contribution in [2.75, 3.05) is 21.0 Å². The van der Waals surface area contributed by atoms with E-state index in [9.17, 15) is 9.59 Å². The minimum Gasteiger partial charge on any atom is -0.454 e. The summed E-state index contributed by atoms with van der Waals surface area (Å²) in [5, 5.41) is 0. The first-order valence-corrected chi connectivity index (χ1v) is 5.67. The van der Waals surface area contributed by atoms with Crippen molar-refractivity contribution in [3.63, 3.8) is 0 Å². The first-order chi connectivity index (χ1) is 9.15. The Labute approximate surface area is 110 Å². The third-order valence-electron chi connectivity index (χ3n) is 2.72. The van der Waals surface area contributed by atoms with Crippen LogP contribution in [-0.4, -0.2) is 38.9 Å². The Hall–Kier alpha value is -1.92. The Balaban J connectivity index is 2.06. The molecule has 0 saturated carbocycles. The zero-order valence-electron chi connectivity index (χ0n) is 10.7. The summed E-state index contributed by atoms with van der Waals surface area (Å²) in [7, 11) is 2.69. The molecule has 0 radical (unpaired) electrons. The van der Waals surface area contributed by atoms with Gasteiger partial charge in [0.2, 0.25) is 13.1 Å². The second-order valence-corrected chi connectivity index (χ2v) is 3.94. The van der Waals surface area contributed by atoms with E-state index in [0.717, 1.165) is 0 Å². The predicted molar refractivity (Wildman–Crippen MR) is 64.3 cm³/mol. The molecule has 0 bridgehead atoms. The Morgan fingerprint density at radius 1 is 1.21 bits per heavy atom. The molecule has 0 N–H and O–H groups in total. The van der Waals surface area contributed by atoms with Gasteiger partial charge in [-0.2, -0.15) is 0 Å². The van der Waals surface area contributed by atoms with Crippen molar-refractivity contribution in [1.29, 1.82) is 0 Å². The molecule has 0 atom stereocenters. The number of ether oxygens (including phenoxy) is 4. The molecule has 0 aliphatic carbocycles. The third kappa shape index (κ3) is 2.91. The molecule has 2 rings (SSSR count). The lowest BCUT2D eigenvalue weighted by molar-refractivity contribution is -0.155. The minimum atomic E-state index is -1.02. The highest BCUT2D eigenvalue weighted by atomic mass is 16.7. The number of ketones is 2. The Morgan fingerprint density at radius 2 is 1.89 bits per heavy atom. The van der Waals surface area contributed by atoms with Crippen molar-refractivity contribution in [1.82, 2.24) is 0 Å². The van der Waals surface area contributed by atoms with Gasteiger partial charge in [0.1, 0.15) is 0 Å². The van der Waals surface area contributed by atoms with Crippen LogP contribution in [0, 0.1) is 0 Å². The summed E-state index contributed by atoms with van der Waals surface area (Å²) in [6.45, 7) is 0.140. The normalized spacial score (nSPS) is 12.8. The summed E-state index contributed by atoms with van der Waals surface area (Å²) in [5.74, 6) is 0.359. The molecule has 1 aliphatic heterocycles. The summed E-state index contributed by atoms with van der Waals surface area (Å²) in [6.07, 6.45) is -1.30. The number of hydrogen-bond acceptors (Lipinski definition) is 6. The Bertz CT molecular complexity index is 492. The number of carbonyl (C=O) groups excluding carboxylic acids is 2. The van der Waals surface area contributed by atoms with Crippen molar-refractivity contribution in [3.05, 3.63) is 23.8 Å². The summed E-state index contributed by atoms with van der Waals surface area (Å²) in [5.41, 5.74) is 0.392. The van der Waals surface area contributed by atoms with E-state index >= 15 is 0 Å². The molecule has 1 heterocycles. The van der Waals surface area contributed by atoms with Crippen molar-refractivity contribution in [3.8, 4) is 11.5 Å². The summed E-state index contributed by atoms with van der Waals surface area (Å²) < 4.78 is 19.9. The summed E-state index contributed by atoms with van der Waals surface area (Å²) >= 11 is 0. The van der Waals surface area contributed by atoms with E-state index in [1.165, 1.54) is 14.2 Å². The van der Waals surface area contributed by atoms with Gasteiger partial charge in [-0.1, -0.05) is 0 Å². The van der Waals surface area contributed by atoms with Crippen LogP contribution < -0.4 is 9.47 Å². The molecule has 0 aromatic heterocycles. The smallest absolute Gasteiger partial charge is 0.231 e. The molecule has 0 amide bonds. The largest absolute Gasteiger partial charge is 0.454 e. The molecule has 0 unspecified atom stereocenters. The van der Waals surface area contributed by atoms with Gasteiger partial charge >= 0.3 is 0 Å². The molecule has 1 aliphatic rings. The van der Waals surface area contributed by atoms with Gasteiger partial charge in [-0.15, -0.1) is 0 Å². The Morgan fingerprint density at radius 3 is 2.58 bits per heavy atom. The number of rotatable bonds is 6. The molecular formula is C13H14O6. The second kappa shape index (κ2) is 5.81. The highest BCUT2D eigenvalue weighted by Crippen LogP contribution is 2.32. The number of benzene rings is 1. The van der Waals surface area contributed by atoms with Crippen molar-refractivity contribution >= 4 is 11.6 Å². The number of hydrogen-bond donors (Lipinski definition) is 0. The third-order valence-corrected chi connectivity index (χ3v) is 2.72. The molecule has 19 heavy (non-hydrogen) atoms. The molecule has 1 aromatic carbocycles. The number of carbonyl (C=O) groups is 2. The van der Waals surface area contributed by atoms with Gasteiger partial charge in [-0.05, 0) is 18.2 Å². The quantitative estimate of drug-likeness (QED) is 0.437. The van der Waals surface area contributed by atoms with E-state index in [1.54, 1.807) is 18.2 Å². The fraction of sp³-hybridized carbons (Fsp3) is 0.385. The summed E-state index contributed by atoms with van der Waals surface area (Å²) in [4.78, 5) is 23.7. The van der Waals surface area contributed by atoms with Gasteiger partial charge in [-0.3, -0.25) is 9.59 Å². The minimum absolute atomic E-state index is 0.140. The van der Waals surface area contributed by atoms with Crippen LogP contribution in [-0.2, 0) is 14.3 Å². The van der Waals surface area contributed by atoms with Crippen molar-refractivity contribution in [2.45, 2.75) is 12.7 Å². The molecule has 6 heteroatoms. The van der Waals surface area contributed by atoms with Crippen LogP contribution in [0.15, 0.2) is 18.2 Å². The lowest BCUT2D eigenvalue weighted by atomic mass is 10.1. The molecule has 6 nitrogen and oxygen atoms in total. The van der Waals surface area contributed by atoms with E-state index in [4.69, 9.17) is 18.9 Å². The number of methoxy groups -OCH3 is 2. The maximum Gasteiger partial charge on any atom is 0.231 e. The highest BCUT2D eigenvalue weighted by Gasteiger charge is 2.22. The average molecular weight is 266 g/mol. The monoisotopic (exact) mass is 266 g/mol. The van der Waals surface area contributed by atoms with E-state index in [2.05, 4.69) is 0 Å². The van der Waals surface area contributed by atoms with Crippen LogP contribution >= 0.6 is 0 Å². The van der Waals surface area contributed by atoms with E-state index < -0.39 is 12.1 Å². The highest BCUT2D eigenvalue weighted by molar-refractivity contribution is 6.09. The maximum atomic E-state index is 12.0. The van der Waals surface area contributed by atoms with Crippen molar-refractivity contribution in [2.24, 2.45) is 0 Å². The molecule has 1 aromatic rings. The second-order valence-electron chi connectivity index (χ2n) is 3.94. The van der Waals surface area contributed by atoms with Gasteiger partial charge in [0.25, 0.3) is 0 Å². The van der Waals surface area contributed by atoms with E-state index in [1.807, 2.05) is 0 Å². The first-order valence-electron chi connectivity index (χ1n) is 5.67. The SMILES string of the molecule is COC(OC)C(=O)CC(=O)c1ccc2c(c1)OCO2. The first kappa shape index (κ1) is 13.5. The van der Waals surface area contributed by atoms with E-state index in [0.29, 0.717) is 17.1 Å². The van der Waals surface area contributed by atoms with Crippen molar-refractivity contribution < 1.29 is 28.5 Å². The van der Waals surface area contributed by atoms with Crippen LogP contribution in [0.5, 0.6) is 11.5 Å². The predicted octanol–water partition coefficient (Wildman–Crippen LogP) is 1.18. The molecule has 0 spiro atoms. The average Bonchev–Trinajstić information content (AvgIpc) is 2.87. The molecular weight excluding hydrogens is 252 g/mol. The Kier molecular flexibility index (Phi) is 4.13. The lowest BCUT2D eigenvalue weighted by Gasteiger charge is -2.11. The number of fused-ring (bicyclic) bond motifs is 1. The fourth-order valence-corrected chi connectivity index (χ4v) is 1.77. The van der Waals surface area contributed by atoms with Gasteiger partial charge in [0.05, 0.1) is 6.42 Å². The zero-order chi connectivity index (χ0) is 13.8. The zero-order valence-corrected chi connectivity index (χ0v) is 10.7. The van der Waals surface area contributed by atoms with Crippen LogP contribution in [0.2, 0.25) is 0 Å². The van der Waals surface area contributed by atoms with Gasteiger partial charge in [-0.25, -0.2) is 0 Å². The van der Waals surface area contributed by atoms with Crippen LogP contribution in [0.1, 0.15) is 16.8 Å². The van der Waals surface area contributed by atoms with Crippen LogP contribution in [0.4, 0.5) is 0 Å². The summed E-state index contributed by atoms with van der Waals surface area (Å²) in [6, 6.07) is 4.80. The fourth-order valence-electron chi connectivity index (χ4n) is 1.77.